The zero-order valence-electron chi connectivity index (χ0n) is 12.9. The molecule has 2 aromatic carbocycles. The van der Waals surface area contributed by atoms with Gasteiger partial charge in [-0.05, 0) is 61.9 Å². The molecule has 0 aromatic heterocycles. The van der Waals surface area contributed by atoms with E-state index in [9.17, 15) is 4.79 Å². The first-order valence-electron chi connectivity index (χ1n) is 6.97. The molecule has 2 rings (SSSR count). The molecule has 2 aromatic rings. The van der Waals surface area contributed by atoms with E-state index in [1.54, 1.807) is 50.4 Å². The van der Waals surface area contributed by atoms with E-state index in [1.807, 2.05) is 13.0 Å². The van der Waals surface area contributed by atoms with Gasteiger partial charge in [-0.2, -0.15) is 0 Å². The molecule has 0 bridgehead atoms. The molecule has 5 heteroatoms. The van der Waals surface area contributed by atoms with Crippen molar-refractivity contribution in [1.29, 1.82) is 0 Å². The minimum absolute atomic E-state index is 0.219. The highest BCUT2D eigenvalue weighted by molar-refractivity contribution is 5.94. The third kappa shape index (κ3) is 3.91. The van der Waals surface area contributed by atoms with Gasteiger partial charge in [0.15, 0.2) is 6.10 Å². The summed E-state index contributed by atoms with van der Waals surface area (Å²) in [5, 5.41) is 2.84. The summed E-state index contributed by atoms with van der Waals surface area (Å²) in [5.41, 5.74) is 7.99. The van der Waals surface area contributed by atoms with Gasteiger partial charge >= 0.3 is 0 Å². The maximum absolute atomic E-state index is 12.2. The average molecular weight is 300 g/mol. The lowest BCUT2D eigenvalue weighted by Gasteiger charge is -2.16. The number of nitrogen functional groups attached to an aromatic ring is 1. The number of ether oxygens (including phenoxy) is 2. The molecule has 0 fully saturated rings. The van der Waals surface area contributed by atoms with Gasteiger partial charge in [0.2, 0.25) is 0 Å². The lowest BCUT2D eigenvalue weighted by atomic mass is 10.1. The molecule has 0 aliphatic carbocycles. The molecule has 22 heavy (non-hydrogen) atoms. The van der Waals surface area contributed by atoms with E-state index >= 15 is 0 Å². The van der Waals surface area contributed by atoms with Crippen LogP contribution in [0.15, 0.2) is 42.5 Å². The Morgan fingerprint density at radius 3 is 2.36 bits per heavy atom. The van der Waals surface area contributed by atoms with Gasteiger partial charge in [-0.25, -0.2) is 0 Å². The maximum Gasteiger partial charge on any atom is 0.265 e. The summed E-state index contributed by atoms with van der Waals surface area (Å²) in [4.78, 5) is 12.2. The number of hydrogen-bond donors (Lipinski definition) is 2. The number of aryl methyl sites for hydroxylation is 1. The quantitative estimate of drug-likeness (QED) is 0.833. The van der Waals surface area contributed by atoms with E-state index in [2.05, 4.69) is 5.32 Å². The monoisotopic (exact) mass is 300 g/mol. The van der Waals surface area contributed by atoms with Gasteiger partial charge < -0.3 is 20.5 Å². The first-order chi connectivity index (χ1) is 10.5. The van der Waals surface area contributed by atoms with Crippen LogP contribution in [0.4, 0.5) is 11.4 Å². The standard InChI is InChI=1S/C17H20N2O3/c1-11-10-13(18)4-9-16(11)19-17(20)12(2)22-15-7-5-14(21-3)6-8-15/h4-10,12H,18H2,1-3H3,(H,19,20). The average Bonchev–Trinajstić information content (AvgIpc) is 2.50. The molecular formula is C17H20N2O3. The molecule has 0 aliphatic heterocycles. The third-order valence-electron chi connectivity index (χ3n) is 3.25. The molecular weight excluding hydrogens is 280 g/mol. The lowest BCUT2D eigenvalue weighted by molar-refractivity contribution is -0.122. The molecule has 0 aliphatic rings. The first kappa shape index (κ1) is 15.7. The fourth-order valence-electron chi connectivity index (χ4n) is 1.97. The van der Waals surface area contributed by atoms with Crippen molar-refractivity contribution in [3.05, 3.63) is 48.0 Å². The van der Waals surface area contributed by atoms with Crippen molar-refractivity contribution in [2.24, 2.45) is 0 Å². The van der Waals surface area contributed by atoms with Crippen LogP contribution in [0.1, 0.15) is 12.5 Å². The summed E-state index contributed by atoms with van der Waals surface area (Å²) in [5.74, 6) is 1.13. The van der Waals surface area contributed by atoms with Crippen molar-refractivity contribution >= 4 is 17.3 Å². The van der Waals surface area contributed by atoms with E-state index < -0.39 is 6.10 Å². The molecule has 3 N–H and O–H groups in total. The van der Waals surface area contributed by atoms with E-state index in [0.717, 1.165) is 17.0 Å². The summed E-state index contributed by atoms with van der Waals surface area (Å²) < 4.78 is 10.7. The molecule has 1 amide bonds. The molecule has 0 spiro atoms. The Kier molecular flexibility index (Phi) is 4.88. The summed E-state index contributed by atoms with van der Waals surface area (Å²) in [7, 11) is 1.60. The fraction of sp³-hybridized carbons (Fsp3) is 0.235. The zero-order valence-corrected chi connectivity index (χ0v) is 12.9. The van der Waals surface area contributed by atoms with Crippen molar-refractivity contribution in [3.8, 4) is 11.5 Å². The Bertz CT molecular complexity index is 653. The van der Waals surface area contributed by atoms with Crippen LogP contribution in [0.3, 0.4) is 0 Å². The van der Waals surface area contributed by atoms with Gasteiger partial charge in [-0.15, -0.1) is 0 Å². The van der Waals surface area contributed by atoms with Gasteiger partial charge in [0.05, 0.1) is 7.11 Å². The second-order valence-electron chi connectivity index (χ2n) is 5.00. The van der Waals surface area contributed by atoms with Gasteiger partial charge in [-0.3, -0.25) is 4.79 Å². The normalized spacial score (nSPS) is 11.6. The van der Waals surface area contributed by atoms with Crippen molar-refractivity contribution in [1.82, 2.24) is 0 Å². The van der Waals surface area contributed by atoms with Gasteiger partial charge in [0, 0.05) is 11.4 Å². The molecule has 1 unspecified atom stereocenters. The smallest absolute Gasteiger partial charge is 0.265 e. The zero-order chi connectivity index (χ0) is 16.1. The Hall–Kier alpha value is -2.69. The number of nitrogens with one attached hydrogen (secondary N) is 1. The summed E-state index contributed by atoms with van der Waals surface area (Å²) in [6.45, 7) is 3.59. The number of carbonyl (C=O) groups excluding carboxylic acids is 1. The van der Waals surface area contributed by atoms with Gasteiger partial charge in [0.25, 0.3) is 5.91 Å². The Morgan fingerprint density at radius 2 is 1.77 bits per heavy atom. The predicted octanol–water partition coefficient (Wildman–Crippen LogP) is 2.99. The van der Waals surface area contributed by atoms with Crippen LogP contribution in [0.5, 0.6) is 11.5 Å². The molecule has 0 saturated heterocycles. The number of benzene rings is 2. The summed E-state index contributed by atoms with van der Waals surface area (Å²) >= 11 is 0. The van der Waals surface area contributed by atoms with Crippen molar-refractivity contribution < 1.29 is 14.3 Å². The van der Waals surface area contributed by atoms with Crippen LogP contribution in [0, 0.1) is 6.92 Å². The number of anilines is 2. The number of carbonyl (C=O) groups is 1. The van der Waals surface area contributed by atoms with E-state index in [1.165, 1.54) is 0 Å². The van der Waals surface area contributed by atoms with Crippen LogP contribution in [0.2, 0.25) is 0 Å². The molecule has 0 saturated carbocycles. The minimum Gasteiger partial charge on any atom is -0.497 e. The molecule has 5 nitrogen and oxygen atoms in total. The van der Waals surface area contributed by atoms with Crippen LogP contribution in [-0.2, 0) is 4.79 Å². The fourth-order valence-corrected chi connectivity index (χ4v) is 1.97. The Labute approximate surface area is 130 Å². The molecule has 0 heterocycles. The molecule has 116 valence electrons. The summed E-state index contributed by atoms with van der Waals surface area (Å²) in [6, 6.07) is 12.4. The summed E-state index contributed by atoms with van der Waals surface area (Å²) in [6.07, 6.45) is -0.620. The van der Waals surface area contributed by atoms with Crippen LogP contribution in [0.25, 0.3) is 0 Å². The number of hydrogen-bond acceptors (Lipinski definition) is 4. The van der Waals surface area contributed by atoms with E-state index in [0.29, 0.717) is 11.4 Å². The SMILES string of the molecule is COc1ccc(OC(C)C(=O)Nc2ccc(N)cc2C)cc1. The Morgan fingerprint density at radius 1 is 1.14 bits per heavy atom. The minimum atomic E-state index is -0.620. The van der Waals surface area contributed by atoms with Crippen LogP contribution < -0.4 is 20.5 Å². The third-order valence-corrected chi connectivity index (χ3v) is 3.25. The number of nitrogens with two attached hydrogens (primary N) is 1. The van der Waals surface area contributed by atoms with E-state index in [4.69, 9.17) is 15.2 Å². The first-order valence-corrected chi connectivity index (χ1v) is 6.97. The molecule has 1 atom stereocenters. The second kappa shape index (κ2) is 6.85. The maximum atomic E-state index is 12.2. The number of rotatable bonds is 5. The van der Waals surface area contributed by atoms with Gasteiger partial charge in [0.1, 0.15) is 11.5 Å². The van der Waals surface area contributed by atoms with E-state index in [-0.39, 0.29) is 5.91 Å². The van der Waals surface area contributed by atoms with Crippen molar-refractivity contribution in [2.75, 3.05) is 18.2 Å². The highest BCUT2D eigenvalue weighted by Crippen LogP contribution is 2.20. The largest absolute Gasteiger partial charge is 0.497 e. The van der Waals surface area contributed by atoms with Gasteiger partial charge in [-0.1, -0.05) is 0 Å². The number of methoxy groups -OCH3 is 1. The predicted molar refractivity (Wildman–Crippen MR) is 87.3 cm³/mol. The second-order valence-corrected chi connectivity index (χ2v) is 5.00. The van der Waals surface area contributed by atoms with Crippen molar-refractivity contribution in [3.63, 3.8) is 0 Å². The lowest BCUT2D eigenvalue weighted by Crippen LogP contribution is -2.30. The molecule has 0 radical (unpaired) electrons. The Balaban J connectivity index is 1.99. The topological polar surface area (TPSA) is 73.6 Å². The van der Waals surface area contributed by atoms with Crippen molar-refractivity contribution in [2.45, 2.75) is 20.0 Å². The highest BCUT2D eigenvalue weighted by Gasteiger charge is 2.15. The van der Waals surface area contributed by atoms with Crippen LogP contribution in [-0.4, -0.2) is 19.1 Å². The highest BCUT2D eigenvalue weighted by atomic mass is 16.5. The van der Waals surface area contributed by atoms with Crippen LogP contribution >= 0.6 is 0 Å². The number of amides is 1.